The molecule has 16 nitrogen and oxygen atoms in total. The molecule has 2 heterocycles. The van der Waals surface area contributed by atoms with Gasteiger partial charge in [-0.2, -0.15) is 0 Å². The number of aromatic nitrogens is 2. The summed E-state index contributed by atoms with van der Waals surface area (Å²) < 4.78 is 27.2. The molecule has 32 heavy (non-hydrogen) atoms. The zero-order chi connectivity index (χ0) is 24.2. The first-order chi connectivity index (χ1) is 14.9. The van der Waals surface area contributed by atoms with E-state index in [1.54, 1.807) is 0 Å². The summed E-state index contributed by atoms with van der Waals surface area (Å²) in [5.41, 5.74) is -1.68. The third kappa shape index (κ3) is 6.15. The third-order valence-corrected chi connectivity index (χ3v) is 5.51. The van der Waals surface area contributed by atoms with Crippen molar-refractivity contribution in [2.45, 2.75) is 49.0 Å². The molecule has 1 aromatic rings. The molecule has 9 atom stereocenters. The van der Waals surface area contributed by atoms with Crippen molar-refractivity contribution in [1.82, 2.24) is 9.55 Å². The van der Waals surface area contributed by atoms with E-state index in [-0.39, 0.29) is 6.29 Å². The van der Waals surface area contributed by atoms with Crippen LogP contribution in [0.4, 0.5) is 0 Å². The summed E-state index contributed by atoms with van der Waals surface area (Å²) in [5, 5.41) is 57.6. The number of aromatic amines is 1. The number of nitrogens with one attached hydrogen (secondary N) is 1. The maximum Gasteiger partial charge on any atom is 0.473 e. The summed E-state index contributed by atoms with van der Waals surface area (Å²) >= 11 is 0. The van der Waals surface area contributed by atoms with Gasteiger partial charge in [0.05, 0.1) is 13.2 Å². The Morgan fingerprint density at radius 2 is 1.88 bits per heavy atom. The van der Waals surface area contributed by atoms with Crippen LogP contribution in [0, 0.1) is 0 Å². The number of H-pyrrole nitrogens is 1. The second-order valence-corrected chi connectivity index (χ2v) is 8.17. The number of hydrogen-bond donors (Lipinski definition) is 8. The number of ether oxygens (including phenoxy) is 1. The van der Waals surface area contributed by atoms with Gasteiger partial charge >= 0.3 is 13.5 Å². The van der Waals surface area contributed by atoms with E-state index in [4.69, 9.17) is 9.84 Å². The average Bonchev–Trinajstić information content (AvgIpc) is 3.03. The minimum atomic E-state index is -5.14. The molecule has 1 aliphatic heterocycles. The number of phosphoric acid groups is 1. The summed E-state index contributed by atoms with van der Waals surface area (Å²) in [6.07, 6.45) is -13.9. The minimum Gasteiger partial charge on any atom is -0.394 e. The predicted octanol–water partition coefficient (Wildman–Crippen LogP) is -5.07. The maximum atomic E-state index is 12.1. The van der Waals surface area contributed by atoms with Crippen molar-refractivity contribution >= 4 is 14.1 Å². The number of aliphatic hydroxyl groups excluding tert-OH is 6. The second kappa shape index (κ2) is 10.9. The number of aliphatic hydroxyl groups is 6. The Morgan fingerprint density at radius 3 is 2.44 bits per heavy atom. The van der Waals surface area contributed by atoms with E-state index >= 15 is 0 Å². The van der Waals surface area contributed by atoms with Gasteiger partial charge in [-0.25, -0.2) is 9.36 Å². The van der Waals surface area contributed by atoms with E-state index in [1.165, 1.54) is 0 Å². The van der Waals surface area contributed by atoms with E-state index < -0.39 is 81.2 Å². The first kappa shape index (κ1) is 26.4. The molecule has 1 aromatic heterocycles. The molecule has 1 fully saturated rings. The Morgan fingerprint density at radius 1 is 1.22 bits per heavy atom. The van der Waals surface area contributed by atoms with Crippen LogP contribution >= 0.6 is 7.82 Å². The van der Waals surface area contributed by atoms with Crippen LogP contribution in [0.2, 0.25) is 0 Å². The Hall–Kier alpha value is -1.82. The van der Waals surface area contributed by atoms with Gasteiger partial charge in [-0.3, -0.25) is 23.4 Å². The zero-order valence-electron chi connectivity index (χ0n) is 16.1. The van der Waals surface area contributed by atoms with Crippen molar-refractivity contribution in [2.75, 3.05) is 13.2 Å². The fraction of sp³-hybridized carbons (Fsp3) is 0.667. The molecule has 17 heteroatoms. The molecular weight excluding hydrogens is 463 g/mol. The fourth-order valence-electron chi connectivity index (χ4n) is 2.77. The molecule has 0 aliphatic carbocycles. The highest BCUT2D eigenvalue weighted by molar-refractivity contribution is 7.47. The molecule has 2 rings (SSSR count). The van der Waals surface area contributed by atoms with Crippen LogP contribution in [0.1, 0.15) is 6.23 Å². The molecule has 1 saturated heterocycles. The highest BCUT2D eigenvalue weighted by atomic mass is 31.2. The average molecular weight is 486 g/mol. The van der Waals surface area contributed by atoms with E-state index in [2.05, 4.69) is 9.05 Å². The highest BCUT2D eigenvalue weighted by Crippen LogP contribution is 2.46. The lowest BCUT2D eigenvalue weighted by molar-refractivity contribution is -0.136. The monoisotopic (exact) mass is 486 g/mol. The lowest BCUT2D eigenvalue weighted by atomic mass is 10.0. The Kier molecular flexibility index (Phi) is 8.98. The van der Waals surface area contributed by atoms with Crippen LogP contribution < -0.4 is 11.2 Å². The largest absolute Gasteiger partial charge is 0.473 e. The van der Waals surface area contributed by atoms with Crippen LogP contribution in [0.15, 0.2) is 21.9 Å². The second-order valence-electron chi connectivity index (χ2n) is 6.77. The number of carbonyl (C=O) groups excluding carboxylic acids is 1. The van der Waals surface area contributed by atoms with Crippen LogP contribution in [0.5, 0.6) is 0 Å². The molecule has 182 valence electrons. The number of nitrogens with zero attached hydrogens (tertiary/aromatic N) is 1. The molecule has 0 bridgehead atoms. The van der Waals surface area contributed by atoms with Gasteiger partial charge in [0.25, 0.3) is 5.56 Å². The van der Waals surface area contributed by atoms with E-state index in [0.29, 0.717) is 0 Å². The van der Waals surface area contributed by atoms with Crippen LogP contribution in [0.25, 0.3) is 0 Å². The quantitative estimate of drug-likeness (QED) is 0.108. The van der Waals surface area contributed by atoms with Crippen molar-refractivity contribution in [2.24, 2.45) is 0 Å². The molecule has 1 unspecified atom stereocenters. The van der Waals surface area contributed by atoms with Crippen LogP contribution in [-0.4, -0.2) is 107 Å². The normalized spacial score (nSPS) is 29.1. The molecule has 0 amide bonds. The fourth-order valence-corrected chi connectivity index (χ4v) is 3.65. The lowest BCUT2D eigenvalue weighted by Crippen LogP contribution is -2.47. The van der Waals surface area contributed by atoms with Crippen LogP contribution in [-0.2, 0) is 23.1 Å². The van der Waals surface area contributed by atoms with Gasteiger partial charge in [0.2, 0.25) is 0 Å². The van der Waals surface area contributed by atoms with Gasteiger partial charge in [-0.1, -0.05) is 0 Å². The lowest BCUT2D eigenvalue weighted by Gasteiger charge is -2.27. The van der Waals surface area contributed by atoms with Gasteiger partial charge in [0, 0.05) is 12.3 Å². The summed E-state index contributed by atoms with van der Waals surface area (Å²) in [6.45, 7) is -1.89. The summed E-state index contributed by atoms with van der Waals surface area (Å²) in [4.78, 5) is 45.7. The van der Waals surface area contributed by atoms with Gasteiger partial charge in [-0.05, 0) is 0 Å². The van der Waals surface area contributed by atoms with Crippen molar-refractivity contribution in [3.05, 3.63) is 33.1 Å². The smallest absolute Gasteiger partial charge is 0.394 e. The van der Waals surface area contributed by atoms with E-state index in [0.717, 1.165) is 16.8 Å². The number of aldehydes is 1. The number of carbonyl (C=O) groups is 1. The molecule has 0 radical (unpaired) electrons. The summed E-state index contributed by atoms with van der Waals surface area (Å²) in [6, 6.07) is 0.955. The summed E-state index contributed by atoms with van der Waals surface area (Å²) in [5.74, 6) is 0. The highest BCUT2D eigenvalue weighted by Gasteiger charge is 2.45. The SMILES string of the molecule is O=C[C@H](OP(=O)(O)OC[C@H]1O[C@@H](n2ccc(=O)[nH]c2=O)[C@H](O)[C@@H]1O)[C@@H](O)[C@@H](O)[C@H](O)CO. The predicted molar refractivity (Wildman–Crippen MR) is 99.1 cm³/mol. The Labute approximate surface area is 178 Å². The van der Waals surface area contributed by atoms with Gasteiger partial charge in [0.15, 0.2) is 18.6 Å². The minimum absolute atomic E-state index is 0.159. The standard InChI is InChI=1S/C15H23N2O14P/c18-3-6(20)10(22)11(23)7(4-19)31-32(27,28)29-5-8-12(24)13(25)14(30-8)17-2-1-9(21)16-15(17)26/h1-2,4,6-8,10-14,18,20,22-25H,3,5H2,(H,27,28)(H,16,21,26)/t6-,7+,8-,10+,11-,12-,13-,14-/m1/s1. The van der Waals surface area contributed by atoms with Crippen LogP contribution in [0.3, 0.4) is 0 Å². The molecule has 0 saturated carbocycles. The van der Waals surface area contributed by atoms with E-state index in [9.17, 15) is 49.4 Å². The van der Waals surface area contributed by atoms with Gasteiger partial charge in [-0.15, -0.1) is 0 Å². The van der Waals surface area contributed by atoms with Crippen molar-refractivity contribution in [3.63, 3.8) is 0 Å². The number of phosphoric ester groups is 1. The first-order valence-corrected chi connectivity index (χ1v) is 10.5. The molecular formula is C15H23N2O14P. The maximum absolute atomic E-state index is 12.1. The van der Waals surface area contributed by atoms with Gasteiger partial charge < -0.3 is 45.1 Å². The Balaban J connectivity index is 2.03. The number of rotatable bonds is 11. The molecule has 0 spiro atoms. The number of hydrogen-bond acceptors (Lipinski definition) is 13. The molecule has 0 aromatic carbocycles. The Bertz CT molecular complexity index is 935. The molecule has 8 N–H and O–H groups in total. The summed E-state index contributed by atoms with van der Waals surface area (Å²) in [7, 11) is -5.14. The van der Waals surface area contributed by atoms with Crippen molar-refractivity contribution in [3.8, 4) is 0 Å². The van der Waals surface area contributed by atoms with E-state index in [1.807, 2.05) is 4.98 Å². The van der Waals surface area contributed by atoms with Crippen molar-refractivity contribution in [1.29, 1.82) is 0 Å². The van der Waals surface area contributed by atoms with Gasteiger partial charge in [0.1, 0.15) is 36.6 Å². The topological polar surface area (TPSA) is 258 Å². The third-order valence-electron chi connectivity index (χ3n) is 4.52. The first-order valence-electron chi connectivity index (χ1n) is 9.01. The zero-order valence-corrected chi connectivity index (χ0v) is 17.0. The molecule has 1 aliphatic rings. The van der Waals surface area contributed by atoms with Crippen molar-refractivity contribution < 1.29 is 58.7 Å².